The largest absolute Gasteiger partial charge is 0.472 e. The molecule has 0 rings (SSSR count). The van der Waals surface area contributed by atoms with Crippen molar-refractivity contribution in [2.45, 2.75) is 257 Å². The molecule has 0 spiro atoms. The molecule has 0 fully saturated rings. The molecule has 11 heteroatoms. The SMILES string of the molecule is CCCCCCCC/C=C/C/C=C/CCCCC(=O)O[C@@H](COC(=O)CCCCCCCCCCCCCCCCCCCCCCCCC)COP(=O)(O)OC[C@H](O)CO. The first-order valence-electron chi connectivity index (χ1n) is 25.3. The van der Waals surface area contributed by atoms with E-state index in [0.29, 0.717) is 12.8 Å². The van der Waals surface area contributed by atoms with E-state index in [2.05, 4.69) is 38.2 Å². The van der Waals surface area contributed by atoms with Gasteiger partial charge in [-0.15, -0.1) is 0 Å². The molecule has 10 nitrogen and oxygen atoms in total. The van der Waals surface area contributed by atoms with Gasteiger partial charge in [0.15, 0.2) is 6.10 Å². The van der Waals surface area contributed by atoms with Gasteiger partial charge in [-0.05, 0) is 44.9 Å². The van der Waals surface area contributed by atoms with Crippen LogP contribution in [0.5, 0.6) is 0 Å². The lowest BCUT2D eigenvalue weighted by molar-refractivity contribution is -0.161. The number of phosphoric acid groups is 1. The number of unbranched alkanes of at least 4 members (excludes halogenated alkanes) is 30. The van der Waals surface area contributed by atoms with Crippen LogP contribution in [-0.4, -0.2) is 65.7 Å². The van der Waals surface area contributed by atoms with Gasteiger partial charge in [-0.25, -0.2) is 4.57 Å². The maximum atomic E-state index is 12.6. The van der Waals surface area contributed by atoms with Crippen molar-refractivity contribution in [2.75, 3.05) is 26.4 Å². The van der Waals surface area contributed by atoms with Crippen molar-refractivity contribution in [3.8, 4) is 0 Å². The lowest BCUT2D eigenvalue weighted by atomic mass is 10.0. The highest BCUT2D eigenvalue weighted by molar-refractivity contribution is 7.47. The summed E-state index contributed by atoms with van der Waals surface area (Å²) in [7, 11) is -4.63. The number of esters is 2. The molecule has 0 saturated carbocycles. The Balaban J connectivity index is 4.14. The Morgan fingerprint density at radius 1 is 0.492 bits per heavy atom. The Hall–Kier alpha value is -1.55. The number of carbonyl (C=O) groups excluding carboxylic acids is 2. The number of aliphatic hydroxyl groups is 2. The van der Waals surface area contributed by atoms with Gasteiger partial charge >= 0.3 is 19.8 Å². The zero-order chi connectivity index (χ0) is 44.8. The molecule has 0 aromatic carbocycles. The second kappa shape index (κ2) is 46.4. The quantitative estimate of drug-likeness (QED) is 0.0233. The molecule has 0 amide bonds. The number of ether oxygens (including phenoxy) is 2. The lowest BCUT2D eigenvalue weighted by Gasteiger charge is -2.20. The summed E-state index contributed by atoms with van der Waals surface area (Å²) in [4.78, 5) is 35.1. The minimum atomic E-state index is -4.63. The molecule has 0 saturated heterocycles. The maximum absolute atomic E-state index is 12.6. The van der Waals surface area contributed by atoms with E-state index < -0.39 is 51.8 Å². The third kappa shape index (κ3) is 46.3. The Kier molecular flexibility index (Phi) is 45.3. The van der Waals surface area contributed by atoms with Crippen molar-refractivity contribution in [2.24, 2.45) is 0 Å². The van der Waals surface area contributed by atoms with Gasteiger partial charge in [0.2, 0.25) is 0 Å². The third-order valence-corrected chi connectivity index (χ3v) is 12.1. The van der Waals surface area contributed by atoms with Crippen molar-refractivity contribution in [1.82, 2.24) is 0 Å². The highest BCUT2D eigenvalue weighted by Crippen LogP contribution is 2.43. The fourth-order valence-corrected chi connectivity index (χ4v) is 7.99. The number of phosphoric ester groups is 1. The lowest BCUT2D eigenvalue weighted by Crippen LogP contribution is -2.29. The number of hydrogen-bond acceptors (Lipinski definition) is 9. The van der Waals surface area contributed by atoms with Crippen LogP contribution >= 0.6 is 7.82 Å². The van der Waals surface area contributed by atoms with Crippen LogP contribution in [0.25, 0.3) is 0 Å². The fraction of sp³-hybridized carbons (Fsp3) is 0.880. The second-order valence-corrected chi connectivity index (χ2v) is 18.7. The Morgan fingerprint density at radius 3 is 1.30 bits per heavy atom. The van der Waals surface area contributed by atoms with Crippen LogP contribution in [0, 0.1) is 0 Å². The van der Waals surface area contributed by atoms with Crippen LogP contribution in [0.1, 0.15) is 245 Å². The first-order valence-corrected chi connectivity index (χ1v) is 26.8. The monoisotopic (exact) mass is 887 g/mol. The fourth-order valence-electron chi connectivity index (χ4n) is 7.20. The topological polar surface area (TPSA) is 149 Å². The van der Waals surface area contributed by atoms with E-state index in [0.717, 1.165) is 44.9 Å². The molecule has 0 aliphatic heterocycles. The van der Waals surface area contributed by atoms with Gasteiger partial charge in [0.05, 0.1) is 19.8 Å². The predicted octanol–water partition coefficient (Wildman–Crippen LogP) is 14.1. The van der Waals surface area contributed by atoms with E-state index in [1.165, 1.54) is 161 Å². The maximum Gasteiger partial charge on any atom is 0.472 e. The molecule has 3 N–H and O–H groups in total. The van der Waals surface area contributed by atoms with Gasteiger partial charge in [-0.2, -0.15) is 0 Å². The standard InChI is InChI=1S/C50H95O10P/c1-3-5-7-9-11-13-15-17-19-20-21-22-23-24-25-26-28-29-31-33-35-37-39-41-49(53)57-45-48(46-59-61(55,56)58-44-47(52)43-51)60-50(54)42-40-38-36-34-32-30-27-18-16-14-12-10-8-6-4-2/h18,27,32,34,47-48,51-52H,3-17,19-26,28-31,33,35-46H2,1-2H3,(H,55,56)/b27-18+,34-32+/t47-,48+/m1/s1. The Morgan fingerprint density at radius 2 is 0.852 bits per heavy atom. The van der Waals surface area contributed by atoms with E-state index in [-0.39, 0.29) is 19.4 Å². The molecule has 0 radical (unpaired) electrons. The van der Waals surface area contributed by atoms with Crippen molar-refractivity contribution in [3.05, 3.63) is 24.3 Å². The molecule has 0 aromatic rings. The van der Waals surface area contributed by atoms with Crippen LogP contribution in [0.3, 0.4) is 0 Å². The van der Waals surface area contributed by atoms with Gasteiger partial charge in [0.1, 0.15) is 12.7 Å². The summed E-state index contributed by atoms with van der Waals surface area (Å²) in [5.41, 5.74) is 0. The number of carbonyl (C=O) groups is 2. The van der Waals surface area contributed by atoms with Crippen LogP contribution in [-0.2, 0) is 32.7 Å². The molecule has 3 atom stereocenters. The van der Waals surface area contributed by atoms with E-state index in [4.69, 9.17) is 23.6 Å². The third-order valence-electron chi connectivity index (χ3n) is 11.1. The van der Waals surface area contributed by atoms with Crippen LogP contribution < -0.4 is 0 Å². The molecule has 360 valence electrons. The van der Waals surface area contributed by atoms with Gasteiger partial charge < -0.3 is 24.6 Å². The molecule has 0 aromatic heterocycles. The predicted molar refractivity (Wildman–Crippen MR) is 252 cm³/mol. The summed E-state index contributed by atoms with van der Waals surface area (Å²) in [6.07, 6.45) is 48.7. The second-order valence-electron chi connectivity index (χ2n) is 17.2. The van der Waals surface area contributed by atoms with Crippen LogP contribution in [0.4, 0.5) is 0 Å². The average Bonchev–Trinajstić information content (AvgIpc) is 3.25. The molecular weight excluding hydrogens is 792 g/mol. The average molecular weight is 887 g/mol. The number of allylic oxidation sites excluding steroid dienone is 4. The van der Waals surface area contributed by atoms with Crippen LogP contribution in [0.2, 0.25) is 0 Å². The Labute approximate surface area is 374 Å². The van der Waals surface area contributed by atoms with Crippen molar-refractivity contribution in [3.63, 3.8) is 0 Å². The van der Waals surface area contributed by atoms with Gasteiger partial charge in [0, 0.05) is 12.8 Å². The number of rotatable bonds is 48. The normalized spacial score (nSPS) is 13.9. The van der Waals surface area contributed by atoms with E-state index >= 15 is 0 Å². The van der Waals surface area contributed by atoms with E-state index in [1.807, 2.05) is 0 Å². The summed E-state index contributed by atoms with van der Waals surface area (Å²) in [5, 5.41) is 18.4. The van der Waals surface area contributed by atoms with Crippen molar-refractivity contribution in [1.29, 1.82) is 0 Å². The summed E-state index contributed by atoms with van der Waals surface area (Å²) >= 11 is 0. The van der Waals surface area contributed by atoms with Gasteiger partial charge in [-0.1, -0.05) is 212 Å². The van der Waals surface area contributed by atoms with Gasteiger partial charge in [-0.3, -0.25) is 18.6 Å². The highest BCUT2D eigenvalue weighted by Gasteiger charge is 2.27. The molecule has 1 unspecified atom stereocenters. The van der Waals surface area contributed by atoms with Crippen LogP contribution in [0.15, 0.2) is 24.3 Å². The minimum absolute atomic E-state index is 0.145. The van der Waals surface area contributed by atoms with Crippen molar-refractivity contribution >= 4 is 19.8 Å². The molecule has 0 aliphatic rings. The number of aliphatic hydroxyl groups excluding tert-OH is 2. The summed E-state index contributed by atoms with van der Waals surface area (Å²) in [6.45, 7) is 2.38. The molecule has 0 bridgehead atoms. The molecule has 0 heterocycles. The zero-order valence-corrected chi connectivity index (χ0v) is 40.3. The molecule has 61 heavy (non-hydrogen) atoms. The summed E-state index contributed by atoms with van der Waals surface area (Å²) in [6, 6.07) is 0. The van der Waals surface area contributed by atoms with Gasteiger partial charge in [0.25, 0.3) is 0 Å². The number of hydrogen-bond donors (Lipinski definition) is 3. The Bertz CT molecular complexity index is 1070. The van der Waals surface area contributed by atoms with Crippen molar-refractivity contribution < 1.29 is 47.8 Å². The minimum Gasteiger partial charge on any atom is -0.462 e. The summed E-state index contributed by atoms with van der Waals surface area (Å²) < 4.78 is 32.8. The molecule has 0 aliphatic carbocycles. The van der Waals surface area contributed by atoms with E-state index in [9.17, 15) is 24.2 Å². The zero-order valence-electron chi connectivity index (χ0n) is 39.4. The highest BCUT2D eigenvalue weighted by atomic mass is 31.2. The smallest absolute Gasteiger partial charge is 0.462 e. The van der Waals surface area contributed by atoms with E-state index in [1.54, 1.807) is 0 Å². The molecular formula is C50H95O10P. The first kappa shape index (κ1) is 59.5. The summed E-state index contributed by atoms with van der Waals surface area (Å²) in [5.74, 6) is -0.950. The first-order chi connectivity index (χ1) is 29.7.